The molecule has 0 aromatic heterocycles. The van der Waals surface area contributed by atoms with E-state index in [-0.39, 0.29) is 0 Å². The molecule has 6 heteroatoms. The number of halogens is 1. The van der Waals surface area contributed by atoms with E-state index >= 15 is 0 Å². The Balaban J connectivity index is 2.39. The van der Waals surface area contributed by atoms with Gasteiger partial charge in [0, 0.05) is 19.0 Å². The zero-order chi connectivity index (χ0) is 13.2. The number of morpholine rings is 1. The lowest BCUT2D eigenvalue weighted by Gasteiger charge is -2.26. The minimum Gasteiger partial charge on any atom is -0.379 e. The Kier molecular flexibility index (Phi) is 4.27. The largest absolute Gasteiger partial charge is 0.379 e. The second-order valence-corrected chi connectivity index (χ2v) is 6.42. The molecule has 0 atom stereocenters. The van der Waals surface area contributed by atoms with Gasteiger partial charge in [-0.1, -0.05) is 12.1 Å². The summed E-state index contributed by atoms with van der Waals surface area (Å²) in [6.45, 7) is 3.52. The molecule has 0 saturated carbocycles. The second-order valence-electron chi connectivity index (χ2n) is 4.25. The van der Waals surface area contributed by atoms with E-state index in [4.69, 9.17) is 16.3 Å². The van der Waals surface area contributed by atoms with E-state index < -0.39 is 10.0 Å². The van der Waals surface area contributed by atoms with Crippen molar-refractivity contribution < 1.29 is 13.2 Å². The molecule has 1 heterocycles. The molecule has 4 nitrogen and oxygen atoms in total. The van der Waals surface area contributed by atoms with Crippen LogP contribution in [-0.4, -0.2) is 39.0 Å². The highest BCUT2D eigenvalue weighted by atomic mass is 35.5. The fraction of sp³-hybridized carbons (Fsp3) is 0.500. The average Bonchev–Trinajstić information content (AvgIpc) is 2.40. The first-order valence-corrected chi connectivity index (χ1v) is 7.76. The van der Waals surface area contributed by atoms with Crippen molar-refractivity contribution in [1.29, 1.82) is 0 Å². The first kappa shape index (κ1) is 13.8. The van der Waals surface area contributed by atoms with Crippen LogP contribution >= 0.6 is 11.6 Å². The van der Waals surface area contributed by atoms with Crippen LogP contribution < -0.4 is 0 Å². The maximum Gasteiger partial charge on any atom is 0.243 e. The van der Waals surface area contributed by atoms with Gasteiger partial charge in [0.05, 0.1) is 18.1 Å². The molecule has 1 aliphatic heterocycles. The third-order valence-corrected chi connectivity index (χ3v) is 5.34. The molecule has 18 heavy (non-hydrogen) atoms. The lowest BCUT2D eigenvalue weighted by molar-refractivity contribution is 0.0730. The normalized spacial score (nSPS) is 17.9. The summed E-state index contributed by atoms with van der Waals surface area (Å²) in [5.74, 6) is 0.311. The number of sulfonamides is 1. The third-order valence-electron chi connectivity index (χ3n) is 2.99. The van der Waals surface area contributed by atoms with Crippen LogP contribution in [0.3, 0.4) is 0 Å². The highest BCUT2D eigenvalue weighted by Crippen LogP contribution is 2.22. The van der Waals surface area contributed by atoms with Crippen molar-refractivity contribution in [2.45, 2.75) is 17.7 Å². The summed E-state index contributed by atoms with van der Waals surface area (Å²) in [6, 6.07) is 5.30. The fourth-order valence-corrected chi connectivity index (χ4v) is 3.78. The van der Waals surface area contributed by atoms with E-state index in [1.807, 2.05) is 6.07 Å². The molecule has 0 unspecified atom stereocenters. The van der Waals surface area contributed by atoms with E-state index in [0.717, 1.165) is 11.1 Å². The van der Waals surface area contributed by atoms with E-state index in [0.29, 0.717) is 37.1 Å². The van der Waals surface area contributed by atoms with E-state index in [9.17, 15) is 8.42 Å². The van der Waals surface area contributed by atoms with Crippen molar-refractivity contribution >= 4 is 21.6 Å². The lowest BCUT2D eigenvalue weighted by atomic mass is 10.2. The van der Waals surface area contributed by atoms with E-state index in [1.165, 1.54) is 4.31 Å². The summed E-state index contributed by atoms with van der Waals surface area (Å²) < 4.78 is 31.7. The number of nitrogens with zero attached hydrogens (tertiary/aromatic N) is 1. The SMILES string of the molecule is Cc1ccc(CCl)cc1S(=O)(=O)N1CCOCC1. The molecule has 0 spiro atoms. The van der Waals surface area contributed by atoms with Gasteiger partial charge < -0.3 is 4.74 Å². The molecule has 1 saturated heterocycles. The molecule has 0 amide bonds. The number of aryl methyl sites for hydroxylation is 1. The number of alkyl halides is 1. The summed E-state index contributed by atoms with van der Waals surface area (Å²) in [4.78, 5) is 0.350. The quantitative estimate of drug-likeness (QED) is 0.797. The van der Waals surface area contributed by atoms with Gasteiger partial charge in [0.25, 0.3) is 0 Å². The highest BCUT2D eigenvalue weighted by Gasteiger charge is 2.27. The standard InChI is InChI=1S/C12H16ClNO3S/c1-10-2-3-11(9-13)8-12(10)18(15,16)14-4-6-17-7-5-14/h2-3,8H,4-7,9H2,1H3. The van der Waals surface area contributed by atoms with Gasteiger partial charge in [-0.15, -0.1) is 11.6 Å². The predicted molar refractivity (Wildman–Crippen MR) is 70.3 cm³/mol. The molecule has 0 aliphatic carbocycles. The third kappa shape index (κ3) is 2.69. The Labute approximate surface area is 113 Å². The van der Waals surface area contributed by atoms with Crippen molar-refractivity contribution in [2.75, 3.05) is 26.3 Å². The van der Waals surface area contributed by atoms with Crippen LogP contribution in [-0.2, 0) is 20.6 Å². The molecule has 2 rings (SSSR count). The number of ether oxygens (including phenoxy) is 1. The predicted octanol–water partition coefficient (Wildman–Crippen LogP) is 1.75. The Hall–Kier alpha value is -0.620. The minimum atomic E-state index is -3.43. The van der Waals surface area contributed by atoms with Gasteiger partial charge in [-0.2, -0.15) is 4.31 Å². The van der Waals surface area contributed by atoms with Gasteiger partial charge in [0.2, 0.25) is 10.0 Å². The van der Waals surface area contributed by atoms with Crippen LogP contribution in [0.1, 0.15) is 11.1 Å². The number of hydrogen-bond acceptors (Lipinski definition) is 3. The van der Waals surface area contributed by atoms with Crippen LogP contribution in [0.2, 0.25) is 0 Å². The number of hydrogen-bond donors (Lipinski definition) is 0. The maximum atomic E-state index is 12.5. The summed E-state index contributed by atoms with van der Waals surface area (Å²) in [5, 5.41) is 0. The zero-order valence-corrected chi connectivity index (χ0v) is 11.8. The monoisotopic (exact) mass is 289 g/mol. The van der Waals surface area contributed by atoms with E-state index in [1.54, 1.807) is 19.1 Å². The maximum absolute atomic E-state index is 12.5. The first-order chi connectivity index (χ1) is 8.55. The molecule has 1 fully saturated rings. The second kappa shape index (κ2) is 5.57. The number of rotatable bonds is 3. The molecule has 0 bridgehead atoms. The van der Waals surface area contributed by atoms with Gasteiger partial charge in [-0.3, -0.25) is 0 Å². The summed E-state index contributed by atoms with van der Waals surface area (Å²) in [6.07, 6.45) is 0. The summed E-state index contributed by atoms with van der Waals surface area (Å²) in [5.41, 5.74) is 1.56. The van der Waals surface area contributed by atoms with Gasteiger partial charge in [-0.05, 0) is 24.1 Å². The average molecular weight is 290 g/mol. The van der Waals surface area contributed by atoms with Gasteiger partial charge in [0.15, 0.2) is 0 Å². The number of benzene rings is 1. The Morgan fingerprint density at radius 2 is 2.00 bits per heavy atom. The summed E-state index contributed by atoms with van der Waals surface area (Å²) in [7, 11) is -3.43. The smallest absolute Gasteiger partial charge is 0.243 e. The minimum absolute atomic E-state index is 0.311. The molecule has 100 valence electrons. The Bertz CT molecular complexity index is 524. The molecule has 1 aromatic carbocycles. The van der Waals surface area contributed by atoms with Gasteiger partial charge in [-0.25, -0.2) is 8.42 Å². The molecular formula is C12H16ClNO3S. The van der Waals surface area contributed by atoms with Crippen LogP contribution in [0, 0.1) is 6.92 Å². The summed E-state index contributed by atoms with van der Waals surface area (Å²) >= 11 is 5.76. The molecule has 0 radical (unpaired) electrons. The van der Waals surface area contributed by atoms with Crippen molar-refractivity contribution in [3.8, 4) is 0 Å². The lowest BCUT2D eigenvalue weighted by Crippen LogP contribution is -2.40. The van der Waals surface area contributed by atoms with E-state index in [2.05, 4.69) is 0 Å². The molecular weight excluding hydrogens is 274 g/mol. The molecule has 1 aliphatic rings. The van der Waals surface area contributed by atoms with Crippen LogP contribution in [0.15, 0.2) is 23.1 Å². The van der Waals surface area contributed by atoms with Gasteiger partial charge in [0.1, 0.15) is 0 Å². The van der Waals surface area contributed by atoms with Crippen LogP contribution in [0.25, 0.3) is 0 Å². The van der Waals surface area contributed by atoms with Crippen LogP contribution in [0.4, 0.5) is 0 Å². The molecule has 1 aromatic rings. The van der Waals surface area contributed by atoms with Crippen molar-refractivity contribution in [3.63, 3.8) is 0 Å². The zero-order valence-electron chi connectivity index (χ0n) is 10.2. The van der Waals surface area contributed by atoms with Crippen molar-refractivity contribution in [1.82, 2.24) is 4.31 Å². The highest BCUT2D eigenvalue weighted by molar-refractivity contribution is 7.89. The van der Waals surface area contributed by atoms with Crippen LogP contribution in [0.5, 0.6) is 0 Å². The van der Waals surface area contributed by atoms with Gasteiger partial charge >= 0.3 is 0 Å². The Morgan fingerprint density at radius 3 is 2.61 bits per heavy atom. The van der Waals surface area contributed by atoms with Crippen molar-refractivity contribution in [2.24, 2.45) is 0 Å². The molecule has 0 N–H and O–H groups in total. The van der Waals surface area contributed by atoms with Crippen molar-refractivity contribution in [3.05, 3.63) is 29.3 Å². The topological polar surface area (TPSA) is 46.6 Å². The fourth-order valence-electron chi connectivity index (χ4n) is 1.93. The Morgan fingerprint density at radius 1 is 1.33 bits per heavy atom. The first-order valence-electron chi connectivity index (χ1n) is 5.79.